The van der Waals surface area contributed by atoms with Crippen molar-refractivity contribution in [3.05, 3.63) is 0 Å². The van der Waals surface area contributed by atoms with Crippen molar-refractivity contribution >= 4 is 11.6 Å². The first-order chi connectivity index (χ1) is 6.28. The Morgan fingerprint density at radius 2 is 1.85 bits per heavy atom. The van der Waals surface area contributed by atoms with Gasteiger partial charge in [0.1, 0.15) is 0 Å². The average molecular weight is 208 g/mol. The first kappa shape index (κ1) is 13.2. The van der Waals surface area contributed by atoms with Crippen LogP contribution < -0.4 is 5.32 Å². The highest BCUT2D eigenvalue weighted by Crippen LogP contribution is 2.02. The molecule has 2 nitrogen and oxygen atoms in total. The molecule has 0 aromatic rings. The van der Waals surface area contributed by atoms with Crippen molar-refractivity contribution in [2.45, 2.75) is 45.2 Å². The Morgan fingerprint density at radius 3 is 2.23 bits per heavy atom. The quantitative estimate of drug-likeness (QED) is 0.618. The zero-order chi connectivity index (χ0) is 10.1. The second kappa shape index (κ2) is 8.79. The van der Waals surface area contributed by atoms with Crippen LogP contribution in [0, 0.1) is 0 Å². The van der Waals surface area contributed by atoms with Crippen LogP contribution in [0.5, 0.6) is 0 Å². The normalized spacial score (nSPS) is 13.6. The summed E-state index contributed by atoms with van der Waals surface area (Å²) in [4.78, 5) is 0. The lowest BCUT2D eigenvalue weighted by atomic mass is 10.1. The summed E-state index contributed by atoms with van der Waals surface area (Å²) in [7, 11) is 1.73. The van der Waals surface area contributed by atoms with Crippen molar-refractivity contribution in [2.24, 2.45) is 0 Å². The summed E-state index contributed by atoms with van der Waals surface area (Å²) >= 11 is 5.71. The number of halogens is 1. The van der Waals surface area contributed by atoms with Gasteiger partial charge in [0.05, 0.1) is 6.61 Å². The van der Waals surface area contributed by atoms with E-state index < -0.39 is 0 Å². The van der Waals surface area contributed by atoms with E-state index >= 15 is 0 Å². The predicted molar refractivity (Wildman–Crippen MR) is 58.5 cm³/mol. The molecule has 0 aliphatic rings. The zero-order valence-corrected chi connectivity index (χ0v) is 9.73. The first-order valence-corrected chi connectivity index (χ1v) is 5.62. The Morgan fingerprint density at radius 1 is 1.23 bits per heavy atom. The molecule has 0 rings (SSSR count). The molecule has 0 radical (unpaired) electrons. The standard InChI is InChI=1S/C10H22ClNO/c1-4-9(5-2)12-10(6-7-11)8-13-3/h9-10,12H,4-8H2,1-3H3. The smallest absolute Gasteiger partial charge is 0.0616 e. The van der Waals surface area contributed by atoms with Crippen molar-refractivity contribution in [2.75, 3.05) is 19.6 Å². The van der Waals surface area contributed by atoms with Gasteiger partial charge in [0.2, 0.25) is 0 Å². The lowest BCUT2D eigenvalue weighted by molar-refractivity contribution is 0.157. The van der Waals surface area contributed by atoms with E-state index in [9.17, 15) is 0 Å². The van der Waals surface area contributed by atoms with Crippen LogP contribution in [0.4, 0.5) is 0 Å². The van der Waals surface area contributed by atoms with Gasteiger partial charge in [0, 0.05) is 25.1 Å². The van der Waals surface area contributed by atoms with Crippen molar-refractivity contribution in [3.63, 3.8) is 0 Å². The maximum Gasteiger partial charge on any atom is 0.0616 e. The number of nitrogens with one attached hydrogen (secondary N) is 1. The fraction of sp³-hybridized carbons (Fsp3) is 1.00. The number of hydrogen-bond acceptors (Lipinski definition) is 2. The molecule has 0 aromatic heterocycles. The Hall–Kier alpha value is 0.210. The number of methoxy groups -OCH3 is 1. The van der Waals surface area contributed by atoms with Gasteiger partial charge in [-0.25, -0.2) is 0 Å². The van der Waals surface area contributed by atoms with Gasteiger partial charge in [0.25, 0.3) is 0 Å². The summed E-state index contributed by atoms with van der Waals surface area (Å²) in [6.45, 7) is 5.15. The van der Waals surface area contributed by atoms with E-state index in [-0.39, 0.29) is 0 Å². The van der Waals surface area contributed by atoms with E-state index in [1.807, 2.05) is 0 Å². The fourth-order valence-corrected chi connectivity index (χ4v) is 1.67. The van der Waals surface area contributed by atoms with Gasteiger partial charge in [-0.05, 0) is 19.3 Å². The van der Waals surface area contributed by atoms with Crippen LogP contribution in [0.1, 0.15) is 33.1 Å². The van der Waals surface area contributed by atoms with Crippen molar-refractivity contribution in [3.8, 4) is 0 Å². The zero-order valence-electron chi connectivity index (χ0n) is 8.98. The molecular formula is C10H22ClNO. The third-order valence-electron chi connectivity index (χ3n) is 2.28. The third kappa shape index (κ3) is 6.30. The minimum absolute atomic E-state index is 0.410. The number of hydrogen-bond donors (Lipinski definition) is 1. The molecule has 0 saturated heterocycles. The van der Waals surface area contributed by atoms with E-state index in [0.717, 1.165) is 13.0 Å². The summed E-state index contributed by atoms with van der Waals surface area (Å²) < 4.78 is 5.13. The molecule has 0 amide bonds. The molecule has 1 unspecified atom stereocenters. The summed E-state index contributed by atoms with van der Waals surface area (Å²) in [6, 6.07) is 1.01. The van der Waals surface area contributed by atoms with Gasteiger partial charge in [0.15, 0.2) is 0 Å². The lowest BCUT2D eigenvalue weighted by Gasteiger charge is -2.23. The molecule has 0 aliphatic carbocycles. The Balaban J connectivity index is 3.76. The SMILES string of the molecule is CCC(CC)NC(CCCl)COC. The van der Waals surface area contributed by atoms with Crippen molar-refractivity contribution in [1.82, 2.24) is 5.32 Å². The topological polar surface area (TPSA) is 21.3 Å². The Bertz CT molecular complexity index is 101. The fourth-order valence-electron chi connectivity index (χ4n) is 1.41. The molecule has 0 bridgehead atoms. The maximum absolute atomic E-state index is 5.71. The molecule has 3 heteroatoms. The highest BCUT2D eigenvalue weighted by Gasteiger charge is 2.11. The highest BCUT2D eigenvalue weighted by molar-refractivity contribution is 6.17. The van der Waals surface area contributed by atoms with Crippen LogP contribution in [0.15, 0.2) is 0 Å². The van der Waals surface area contributed by atoms with E-state index in [0.29, 0.717) is 18.0 Å². The second-order valence-corrected chi connectivity index (χ2v) is 3.69. The summed E-state index contributed by atoms with van der Waals surface area (Å²) in [5.74, 6) is 0.696. The summed E-state index contributed by atoms with van der Waals surface area (Å²) in [5.41, 5.74) is 0. The van der Waals surface area contributed by atoms with Crippen molar-refractivity contribution in [1.29, 1.82) is 0 Å². The van der Waals surface area contributed by atoms with Gasteiger partial charge in [-0.3, -0.25) is 0 Å². The van der Waals surface area contributed by atoms with E-state index in [1.165, 1.54) is 12.8 Å². The largest absolute Gasteiger partial charge is 0.383 e. The molecule has 13 heavy (non-hydrogen) atoms. The van der Waals surface area contributed by atoms with Crippen LogP contribution in [0.2, 0.25) is 0 Å². The monoisotopic (exact) mass is 207 g/mol. The highest BCUT2D eigenvalue weighted by atomic mass is 35.5. The number of rotatable bonds is 8. The minimum atomic E-state index is 0.410. The molecule has 0 aromatic carbocycles. The van der Waals surface area contributed by atoms with Gasteiger partial charge in [-0.2, -0.15) is 0 Å². The van der Waals surface area contributed by atoms with Crippen molar-refractivity contribution < 1.29 is 4.74 Å². The van der Waals surface area contributed by atoms with Crippen LogP contribution in [0.25, 0.3) is 0 Å². The molecule has 1 N–H and O–H groups in total. The Labute approximate surface area is 87.0 Å². The van der Waals surface area contributed by atoms with E-state index in [1.54, 1.807) is 7.11 Å². The molecule has 0 aliphatic heterocycles. The molecule has 1 atom stereocenters. The van der Waals surface area contributed by atoms with Gasteiger partial charge >= 0.3 is 0 Å². The van der Waals surface area contributed by atoms with Crippen LogP contribution in [0.3, 0.4) is 0 Å². The summed E-state index contributed by atoms with van der Waals surface area (Å²) in [5, 5.41) is 3.55. The Kier molecular flexibility index (Phi) is 8.93. The van der Waals surface area contributed by atoms with Crippen LogP contribution in [-0.4, -0.2) is 31.7 Å². The van der Waals surface area contributed by atoms with E-state index in [2.05, 4.69) is 19.2 Å². The van der Waals surface area contributed by atoms with E-state index in [4.69, 9.17) is 16.3 Å². The predicted octanol–water partition coefficient (Wildman–Crippen LogP) is 2.41. The average Bonchev–Trinajstić information content (AvgIpc) is 2.14. The number of ether oxygens (including phenoxy) is 1. The summed E-state index contributed by atoms with van der Waals surface area (Å²) in [6.07, 6.45) is 3.31. The van der Waals surface area contributed by atoms with Gasteiger partial charge in [-0.15, -0.1) is 11.6 Å². The first-order valence-electron chi connectivity index (χ1n) is 5.09. The van der Waals surface area contributed by atoms with Crippen LogP contribution in [-0.2, 0) is 4.74 Å². The molecular weight excluding hydrogens is 186 g/mol. The van der Waals surface area contributed by atoms with Crippen LogP contribution >= 0.6 is 11.6 Å². The molecule has 0 spiro atoms. The van der Waals surface area contributed by atoms with Gasteiger partial charge in [-0.1, -0.05) is 13.8 Å². The molecule has 0 heterocycles. The maximum atomic E-state index is 5.71. The molecule has 0 saturated carbocycles. The molecule has 80 valence electrons. The number of alkyl halides is 1. The third-order valence-corrected chi connectivity index (χ3v) is 2.50. The van der Waals surface area contributed by atoms with Gasteiger partial charge < -0.3 is 10.1 Å². The lowest BCUT2D eigenvalue weighted by Crippen LogP contribution is -2.40. The molecule has 0 fully saturated rings. The minimum Gasteiger partial charge on any atom is -0.383 e. The second-order valence-electron chi connectivity index (χ2n) is 3.31.